The van der Waals surface area contributed by atoms with Crippen molar-refractivity contribution in [1.82, 2.24) is 14.2 Å². The fourth-order valence-electron chi connectivity index (χ4n) is 4.53. The van der Waals surface area contributed by atoms with Crippen LogP contribution in [-0.2, 0) is 14.8 Å². The van der Waals surface area contributed by atoms with E-state index < -0.39 is 10.0 Å². The second-order valence-corrected chi connectivity index (χ2v) is 13.9. The third-order valence-corrected chi connectivity index (χ3v) is 11.5. The zero-order chi connectivity index (χ0) is 24.0. The largest absolute Gasteiger partial charge is 0.345 e. The first-order valence-corrected chi connectivity index (χ1v) is 14.9. The predicted octanol–water partition coefficient (Wildman–Crippen LogP) is 4.72. The Labute approximate surface area is 216 Å². The van der Waals surface area contributed by atoms with Gasteiger partial charge in [0.25, 0.3) is 10.0 Å². The van der Waals surface area contributed by atoms with Crippen LogP contribution in [0.5, 0.6) is 0 Å². The van der Waals surface area contributed by atoms with E-state index >= 15 is 0 Å². The van der Waals surface area contributed by atoms with Crippen molar-refractivity contribution in [2.45, 2.75) is 24.0 Å². The molecule has 1 aromatic carbocycles. The fraction of sp³-hybridized carbons (Fsp3) is 0.455. The van der Waals surface area contributed by atoms with Crippen LogP contribution < -0.4 is 4.90 Å². The summed E-state index contributed by atoms with van der Waals surface area (Å²) in [4.78, 5) is 22.1. The van der Waals surface area contributed by atoms with Gasteiger partial charge in [-0.2, -0.15) is 4.31 Å². The zero-order valence-electron chi connectivity index (χ0n) is 18.5. The number of rotatable bonds is 4. The predicted molar refractivity (Wildman–Crippen MR) is 139 cm³/mol. The van der Waals surface area contributed by atoms with Crippen LogP contribution in [0, 0.1) is 12.8 Å². The number of benzene rings is 1. The highest BCUT2D eigenvalue weighted by molar-refractivity contribution is 7.91. The molecule has 2 aromatic heterocycles. The second kappa shape index (κ2) is 9.55. The standard InChI is InChI=1S/C22H24Cl2N4O3S3/c1-14-16(23)4-5-17-20(14)25-22(32-17)27-11-9-26(10-12-27)21(29)15-3-2-8-28(13-15)34(30,31)19-7-6-18(24)33-19/h4-7,15H,2-3,8-13H2,1H3. The number of hydrogen-bond donors (Lipinski definition) is 0. The molecule has 0 spiro atoms. The molecule has 1 amide bonds. The third kappa shape index (κ3) is 4.56. The minimum atomic E-state index is -3.63. The van der Waals surface area contributed by atoms with Crippen molar-refractivity contribution >= 4 is 77.2 Å². The summed E-state index contributed by atoms with van der Waals surface area (Å²) in [5.74, 6) is -0.284. The molecule has 2 saturated heterocycles. The molecule has 0 aliphatic carbocycles. The molecule has 3 aromatic rings. The normalized spacial score (nSPS) is 20.3. The number of thiophene rings is 1. The Morgan fingerprint density at radius 1 is 1.06 bits per heavy atom. The summed E-state index contributed by atoms with van der Waals surface area (Å²) in [7, 11) is -3.63. The Morgan fingerprint density at radius 2 is 1.82 bits per heavy atom. The molecule has 182 valence electrons. The molecule has 0 N–H and O–H groups in total. The molecular formula is C22H24Cl2N4O3S3. The number of halogens is 2. The molecule has 7 nitrogen and oxygen atoms in total. The highest BCUT2D eigenvalue weighted by atomic mass is 35.5. The molecule has 0 saturated carbocycles. The molecule has 2 aliphatic heterocycles. The maximum absolute atomic E-state index is 13.3. The summed E-state index contributed by atoms with van der Waals surface area (Å²) in [5, 5.41) is 1.66. The smallest absolute Gasteiger partial charge is 0.252 e. The van der Waals surface area contributed by atoms with E-state index in [4.69, 9.17) is 28.2 Å². The SMILES string of the molecule is Cc1c(Cl)ccc2sc(N3CCN(C(=O)C4CCCN(S(=O)(=O)c5ccc(Cl)s5)C4)CC3)nc12. The van der Waals surface area contributed by atoms with Gasteiger partial charge in [-0.05, 0) is 49.6 Å². The van der Waals surface area contributed by atoms with Crippen LogP contribution in [0.3, 0.4) is 0 Å². The molecule has 34 heavy (non-hydrogen) atoms. The van der Waals surface area contributed by atoms with Gasteiger partial charge in [-0.3, -0.25) is 4.79 Å². The summed E-state index contributed by atoms with van der Waals surface area (Å²) in [5.41, 5.74) is 1.92. The van der Waals surface area contributed by atoms with Gasteiger partial charge in [0.15, 0.2) is 5.13 Å². The van der Waals surface area contributed by atoms with Crippen molar-refractivity contribution in [3.05, 3.63) is 39.2 Å². The van der Waals surface area contributed by atoms with Gasteiger partial charge < -0.3 is 9.80 Å². The second-order valence-electron chi connectivity index (χ2n) is 8.59. The number of amides is 1. The first-order chi connectivity index (χ1) is 16.2. The Hall–Kier alpha value is -1.43. The maximum Gasteiger partial charge on any atom is 0.252 e. The quantitative estimate of drug-likeness (QED) is 0.463. The molecule has 2 aliphatic rings. The fourth-order valence-corrected chi connectivity index (χ4v) is 8.92. The lowest BCUT2D eigenvalue weighted by Gasteiger charge is -2.38. The van der Waals surface area contributed by atoms with Crippen molar-refractivity contribution in [2.75, 3.05) is 44.2 Å². The lowest BCUT2D eigenvalue weighted by molar-refractivity contribution is -0.137. The summed E-state index contributed by atoms with van der Waals surface area (Å²) in [6.07, 6.45) is 1.37. The highest BCUT2D eigenvalue weighted by Crippen LogP contribution is 2.34. The number of carbonyl (C=O) groups is 1. The summed E-state index contributed by atoms with van der Waals surface area (Å²) < 4.78 is 29.2. The van der Waals surface area contributed by atoms with E-state index in [9.17, 15) is 13.2 Å². The van der Waals surface area contributed by atoms with Crippen LogP contribution in [-0.4, -0.2) is 67.8 Å². The number of nitrogens with zero attached hydrogens (tertiary/aromatic N) is 4. The number of aromatic nitrogens is 1. The highest BCUT2D eigenvalue weighted by Gasteiger charge is 2.36. The number of anilines is 1. The molecule has 12 heteroatoms. The van der Waals surface area contributed by atoms with Gasteiger partial charge in [-0.1, -0.05) is 34.5 Å². The molecular weight excluding hydrogens is 535 g/mol. The number of carbonyl (C=O) groups excluding carboxylic acids is 1. The summed E-state index contributed by atoms with van der Waals surface area (Å²) in [6.45, 7) is 5.20. The summed E-state index contributed by atoms with van der Waals surface area (Å²) >= 11 is 14.9. The van der Waals surface area contributed by atoms with Gasteiger partial charge in [0, 0.05) is 44.3 Å². The van der Waals surface area contributed by atoms with E-state index in [0.29, 0.717) is 54.9 Å². The van der Waals surface area contributed by atoms with Crippen molar-refractivity contribution in [3.63, 3.8) is 0 Å². The molecule has 2 fully saturated rings. The molecule has 1 atom stereocenters. The van der Waals surface area contributed by atoms with E-state index in [-0.39, 0.29) is 22.6 Å². The summed E-state index contributed by atoms with van der Waals surface area (Å²) in [6, 6.07) is 7.02. The number of aryl methyl sites for hydroxylation is 1. The number of fused-ring (bicyclic) bond motifs is 1. The van der Waals surface area contributed by atoms with Crippen LogP contribution in [0.4, 0.5) is 5.13 Å². The van der Waals surface area contributed by atoms with Gasteiger partial charge in [0.2, 0.25) is 5.91 Å². The Balaban J connectivity index is 1.23. The molecule has 1 unspecified atom stereocenters. The van der Waals surface area contributed by atoms with Crippen molar-refractivity contribution in [1.29, 1.82) is 0 Å². The van der Waals surface area contributed by atoms with Gasteiger partial charge in [-0.25, -0.2) is 13.4 Å². The minimum Gasteiger partial charge on any atom is -0.345 e. The Morgan fingerprint density at radius 3 is 2.53 bits per heavy atom. The molecule has 5 rings (SSSR count). The van der Waals surface area contributed by atoms with E-state index in [1.165, 1.54) is 10.4 Å². The van der Waals surface area contributed by atoms with Crippen LogP contribution in [0.1, 0.15) is 18.4 Å². The molecule has 0 radical (unpaired) electrons. The number of sulfonamides is 1. The first kappa shape index (κ1) is 24.3. The lowest BCUT2D eigenvalue weighted by atomic mass is 9.98. The average molecular weight is 560 g/mol. The van der Waals surface area contributed by atoms with Crippen LogP contribution >= 0.6 is 45.9 Å². The number of piperazine rings is 1. The van der Waals surface area contributed by atoms with E-state index in [2.05, 4.69) is 4.90 Å². The van der Waals surface area contributed by atoms with Crippen molar-refractivity contribution in [3.8, 4) is 0 Å². The number of thiazole rings is 1. The zero-order valence-corrected chi connectivity index (χ0v) is 22.5. The Kier molecular flexibility index (Phi) is 6.82. The van der Waals surface area contributed by atoms with Gasteiger partial charge in [-0.15, -0.1) is 11.3 Å². The van der Waals surface area contributed by atoms with Gasteiger partial charge >= 0.3 is 0 Å². The van der Waals surface area contributed by atoms with E-state index in [1.54, 1.807) is 17.4 Å². The van der Waals surface area contributed by atoms with E-state index in [1.807, 2.05) is 24.0 Å². The van der Waals surface area contributed by atoms with Crippen molar-refractivity contribution in [2.24, 2.45) is 5.92 Å². The van der Waals surface area contributed by atoms with Crippen LogP contribution in [0.2, 0.25) is 9.36 Å². The Bertz CT molecular complexity index is 1330. The van der Waals surface area contributed by atoms with Gasteiger partial charge in [0.05, 0.1) is 20.5 Å². The van der Waals surface area contributed by atoms with Crippen LogP contribution in [0.15, 0.2) is 28.5 Å². The average Bonchev–Trinajstić information content (AvgIpc) is 3.48. The third-order valence-electron chi connectivity index (χ3n) is 6.47. The first-order valence-electron chi connectivity index (χ1n) is 11.1. The maximum atomic E-state index is 13.3. The minimum absolute atomic E-state index is 0.0377. The van der Waals surface area contributed by atoms with Crippen LogP contribution in [0.25, 0.3) is 10.2 Å². The monoisotopic (exact) mass is 558 g/mol. The topological polar surface area (TPSA) is 73.8 Å². The lowest BCUT2D eigenvalue weighted by Crippen LogP contribution is -2.53. The van der Waals surface area contributed by atoms with E-state index in [0.717, 1.165) is 32.2 Å². The van der Waals surface area contributed by atoms with Gasteiger partial charge in [0.1, 0.15) is 4.21 Å². The molecule has 4 heterocycles. The number of hydrogen-bond acceptors (Lipinski definition) is 7. The van der Waals surface area contributed by atoms with Crippen molar-refractivity contribution < 1.29 is 13.2 Å². The number of piperidine rings is 1. The molecule has 0 bridgehead atoms.